The highest BCUT2D eigenvalue weighted by Crippen LogP contribution is 2.62. The summed E-state index contributed by atoms with van der Waals surface area (Å²) in [5, 5.41) is 38.4. The maximum absolute atomic E-state index is 14.5. The highest BCUT2D eigenvalue weighted by atomic mass is 16.7. The second kappa shape index (κ2) is 21.2. The predicted molar refractivity (Wildman–Crippen MR) is 251 cm³/mol. The molecule has 6 unspecified atom stereocenters. The van der Waals surface area contributed by atoms with E-state index in [0.29, 0.717) is 48.1 Å². The molecule has 2 N–H and O–H groups in total. The van der Waals surface area contributed by atoms with Crippen molar-refractivity contribution in [1.29, 1.82) is 0 Å². The Hall–Kier alpha value is -5.56. The minimum absolute atomic E-state index is 0.00530. The molecule has 2 fully saturated rings. The fraction of sp³-hybridized carbons (Fsp3) is 0.472. The second-order valence-corrected chi connectivity index (χ2v) is 18.3. The highest BCUT2D eigenvalue weighted by Gasteiger charge is 2.65. The highest BCUT2D eigenvalue weighted by molar-refractivity contribution is 6.03. The molecule has 0 spiro atoms. The van der Waals surface area contributed by atoms with E-state index >= 15 is 0 Å². The van der Waals surface area contributed by atoms with Crippen LogP contribution < -0.4 is 9.47 Å². The number of hydrogen-bond acceptors (Lipinski definition) is 10. The molecule has 65 heavy (non-hydrogen) atoms. The lowest BCUT2D eigenvalue weighted by molar-refractivity contribution is -0.384. The average molecular weight is 886 g/mol. The molecule has 12 nitrogen and oxygen atoms in total. The topological polar surface area (TPSA) is 153 Å². The average Bonchev–Trinajstić information content (AvgIpc) is 3.85. The van der Waals surface area contributed by atoms with E-state index in [1.165, 1.54) is 25.0 Å². The minimum atomic E-state index is -1.35. The Morgan fingerprint density at radius 3 is 2.40 bits per heavy atom. The zero-order valence-electron chi connectivity index (χ0n) is 37.5. The molecule has 6 atom stereocenters. The minimum Gasteiger partial charge on any atom is -0.459 e. The Morgan fingerprint density at radius 1 is 0.938 bits per heavy atom. The third-order valence-electron chi connectivity index (χ3n) is 14.3. The number of aliphatic hydroxyl groups is 2. The summed E-state index contributed by atoms with van der Waals surface area (Å²) in [6, 6.07) is 25.9. The van der Waals surface area contributed by atoms with Crippen LogP contribution in [0.5, 0.6) is 17.2 Å². The van der Waals surface area contributed by atoms with Gasteiger partial charge < -0.3 is 34.2 Å². The zero-order chi connectivity index (χ0) is 45.3. The fourth-order valence-electron chi connectivity index (χ4n) is 11.0. The Morgan fingerprint density at radius 2 is 1.66 bits per heavy atom. The standard InChI is InChI=1S/C53H63N3O9/c1-3-30-62-53-49(55(2)50(59)27-20-36-12-4-5-13-36)34-47(54-63-35-37-18-22-41(23-19-37)56(60)61)45-32-40(16-8-10-28-57)44(17-9-11-29-58)51(52(45)53)46-33-43(25-26-48(46)65-53)64-42-24-21-38-14-6-7-15-39(38)31-42/h3,6-7,14-15,18-19,21-26,31-33,36,40,44,49,51-52,57-58H,1,4-5,8-13,16-17,20,27-30,34-35H2,2H3. The summed E-state index contributed by atoms with van der Waals surface area (Å²) in [5.41, 5.74) is 3.32. The molecular formula is C53H63N3O9. The second-order valence-electron chi connectivity index (χ2n) is 18.3. The number of non-ortho nitro benzene ring substituents is 1. The molecule has 0 aromatic heterocycles. The molecule has 1 aliphatic heterocycles. The van der Waals surface area contributed by atoms with E-state index in [2.05, 4.69) is 36.9 Å². The molecule has 344 valence electrons. The monoisotopic (exact) mass is 885 g/mol. The van der Waals surface area contributed by atoms with Crippen molar-refractivity contribution < 1.29 is 39.0 Å². The number of rotatable bonds is 21. The van der Waals surface area contributed by atoms with Crippen molar-refractivity contribution in [3.05, 3.63) is 130 Å². The van der Waals surface area contributed by atoms with E-state index in [-0.39, 0.29) is 62.2 Å². The maximum atomic E-state index is 14.5. The van der Waals surface area contributed by atoms with Gasteiger partial charge in [-0.25, -0.2) is 0 Å². The number of unbranched alkanes of at least 4 members (excludes halogenated alkanes) is 2. The van der Waals surface area contributed by atoms with E-state index in [1.807, 2.05) is 48.3 Å². The first-order chi connectivity index (χ1) is 31.7. The first-order valence-corrected chi connectivity index (χ1v) is 23.6. The predicted octanol–water partition coefficient (Wildman–Crippen LogP) is 10.8. The van der Waals surface area contributed by atoms with Gasteiger partial charge in [-0.1, -0.05) is 86.2 Å². The van der Waals surface area contributed by atoms with E-state index in [1.54, 1.807) is 18.2 Å². The number of fused-ring (bicyclic) bond motifs is 3. The summed E-state index contributed by atoms with van der Waals surface area (Å²) in [5.74, 6) is 0.712. The number of amides is 1. The van der Waals surface area contributed by atoms with Crippen LogP contribution in [0.1, 0.15) is 101 Å². The van der Waals surface area contributed by atoms with Crippen LogP contribution in [0.15, 0.2) is 114 Å². The van der Waals surface area contributed by atoms with Gasteiger partial charge in [0.2, 0.25) is 11.7 Å². The van der Waals surface area contributed by atoms with Crippen molar-refractivity contribution in [1.82, 2.24) is 4.90 Å². The molecule has 4 aromatic carbocycles. The van der Waals surface area contributed by atoms with Gasteiger partial charge in [-0.05, 0) is 114 Å². The molecule has 8 rings (SSSR count). The van der Waals surface area contributed by atoms with Crippen LogP contribution in [-0.2, 0) is 21.0 Å². The van der Waals surface area contributed by atoms with Crippen molar-refractivity contribution in [2.24, 2.45) is 28.8 Å². The Balaban J connectivity index is 1.25. The Labute approximate surface area is 382 Å². The van der Waals surface area contributed by atoms with Crippen molar-refractivity contribution in [2.45, 2.75) is 108 Å². The normalized spacial score (nSPS) is 24.1. The van der Waals surface area contributed by atoms with Gasteiger partial charge in [0, 0.05) is 56.7 Å². The third-order valence-corrected chi connectivity index (χ3v) is 14.3. The molecule has 1 amide bonds. The van der Waals surface area contributed by atoms with Gasteiger partial charge in [0.1, 0.15) is 29.9 Å². The van der Waals surface area contributed by atoms with Gasteiger partial charge >= 0.3 is 0 Å². The van der Waals surface area contributed by atoms with Gasteiger partial charge in [-0.3, -0.25) is 14.9 Å². The number of aliphatic hydroxyl groups excluding tert-OH is 2. The molecule has 4 aliphatic rings. The largest absolute Gasteiger partial charge is 0.459 e. The van der Waals surface area contributed by atoms with Crippen molar-refractivity contribution in [3.63, 3.8) is 0 Å². The van der Waals surface area contributed by atoms with Gasteiger partial charge in [0.15, 0.2) is 0 Å². The van der Waals surface area contributed by atoms with Crippen LogP contribution in [-0.4, -0.2) is 70.4 Å². The number of carbonyl (C=O) groups excluding carboxylic acids is 1. The Kier molecular flexibility index (Phi) is 15.0. The number of allylic oxidation sites excluding steroid dienone is 1. The lowest BCUT2D eigenvalue weighted by atomic mass is 9.55. The Bertz CT molecular complexity index is 2360. The van der Waals surface area contributed by atoms with E-state index in [0.717, 1.165) is 72.4 Å². The number of carbonyl (C=O) groups is 1. The molecule has 0 saturated heterocycles. The lowest BCUT2D eigenvalue weighted by Crippen LogP contribution is -2.69. The van der Waals surface area contributed by atoms with E-state index < -0.39 is 22.7 Å². The fourth-order valence-corrected chi connectivity index (χ4v) is 11.0. The molecule has 0 bridgehead atoms. The first kappa shape index (κ1) is 46.0. The zero-order valence-corrected chi connectivity index (χ0v) is 37.5. The number of oxime groups is 1. The lowest BCUT2D eigenvalue weighted by Gasteiger charge is -2.59. The van der Waals surface area contributed by atoms with Crippen LogP contribution in [0.4, 0.5) is 5.69 Å². The molecule has 1 heterocycles. The molecule has 2 saturated carbocycles. The van der Waals surface area contributed by atoms with Crippen molar-refractivity contribution in [3.8, 4) is 17.2 Å². The van der Waals surface area contributed by atoms with E-state index in [9.17, 15) is 25.1 Å². The molecule has 4 aromatic rings. The number of nitro groups is 1. The number of nitro benzene ring substituents is 1. The summed E-state index contributed by atoms with van der Waals surface area (Å²) >= 11 is 0. The number of nitrogens with zero attached hydrogens (tertiary/aromatic N) is 3. The number of likely N-dealkylation sites (N-methyl/N-ethyl adjacent to an activating group) is 1. The van der Waals surface area contributed by atoms with Crippen molar-refractivity contribution >= 4 is 28.1 Å². The number of ether oxygens (including phenoxy) is 3. The molecule has 0 radical (unpaired) electrons. The summed E-state index contributed by atoms with van der Waals surface area (Å²) in [6.07, 6.45) is 14.9. The van der Waals surface area contributed by atoms with Crippen LogP contribution in [0.3, 0.4) is 0 Å². The number of hydrogen-bond donors (Lipinski definition) is 2. The van der Waals surface area contributed by atoms with Crippen LogP contribution in [0, 0.1) is 33.8 Å². The maximum Gasteiger partial charge on any atom is 0.269 e. The first-order valence-electron chi connectivity index (χ1n) is 23.6. The number of benzene rings is 4. The van der Waals surface area contributed by atoms with Crippen LogP contribution in [0.25, 0.3) is 10.8 Å². The van der Waals surface area contributed by atoms with Gasteiger partial charge in [0.05, 0.1) is 23.2 Å². The summed E-state index contributed by atoms with van der Waals surface area (Å²) < 4.78 is 21.1. The summed E-state index contributed by atoms with van der Waals surface area (Å²) in [4.78, 5) is 33.4. The quantitative estimate of drug-likeness (QED) is 0.0360. The van der Waals surface area contributed by atoms with Gasteiger partial charge in [0.25, 0.3) is 5.69 Å². The molecule has 12 heteroatoms. The third kappa shape index (κ3) is 10.1. The van der Waals surface area contributed by atoms with Crippen LogP contribution in [0.2, 0.25) is 0 Å². The molecule has 3 aliphatic carbocycles. The van der Waals surface area contributed by atoms with E-state index in [4.69, 9.17) is 24.2 Å². The summed E-state index contributed by atoms with van der Waals surface area (Å²) in [6.45, 7) is 4.49. The molecular weight excluding hydrogens is 823 g/mol. The van der Waals surface area contributed by atoms with Crippen LogP contribution >= 0.6 is 0 Å². The van der Waals surface area contributed by atoms with Crippen molar-refractivity contribution in [2.75, 3.05) is 26.9 Å². The van der Waals surface area contributed by atoms with Gasteiger partial charge in [-0.2, -0.15) is 0 Å². The summed E-state index contributed by atoms with van der Waals surface area (Å²) in [7, 11) is 1.86. The van der Waals surface area contributed by atoms with Gasteiger partial charge in [-0.15, -0.1) is 6.58 Å². The smallest absolute Gasteiger partial charge is 0.269 e. The SMILES string of the molecule is C=CCOC12Oc3ccc(Oc4ccc5ccccc5c4)cc3C3C(CCCCO)C(CCCCO)C=C(C(=NOCc4ccc([N+](=O)[O-])cc4)CC1N(C)C(=O)CCC1CCCC1)C32.